The quantitative estimate of drug-likeness (QED) is 0.700. The first kappa shape index (κ1) is 19.8. The zero-order valence-corrected chi connectivity index (χ0v) is 16.5. The summed E-state index contributed by atoms with van der Waals surface area (Å²) in [5, 5.41) is 7.05. The van der Waals surface area contributed by atoms with Crippen LogP contribution >= 0.6 is 11.8 Å². The van der Waals surface area contributed by atoms with Crippen LogP contribution in [0, 0.1) is 5.82 Å². The topological polar surface area (TPSA) is 96.0 Å². The van der Waals surface area contributed by atoms with Gasteiger partial charge < -0.3 is 4.90 Å². The maximum Gasteiger partial charge on any atom is 0.233 e. The molecule has 146 valence electrons. The van der Waals surface area contributed by atoms with E-state index in [1.165, 1.54) is 6.07 Å². The van der Waals surface area contributed by atoms with Gasteiger partial charge in [0.2, 0.25) is 11.1 Å². The Hall–Kier alpha value is -1.94. The average Bonchev–Trinajstić information content (AvgIpc) is 3.24. The molecule has 0 radical (unpaired) electrons. The normalized spacial score (nSPS) is 18.5. The first-order valence-corrected chi connectivity index (χ1v) is 11.5. The summed E-state index contributed by atoms with van der Waals surface area (Å²) in [6.07, 6.45) is 1.24. The monoisotopic (exact) mass is 412 g/mol. The highest BCUT2D eigenvalue weighted by Crippen LogP contribution is 2.23. The molecule has 7 nitrogen and oxygen atoms in total. The van der Waals surface area contributed by atoms with Gasteiger partial charge in [-0.1, -0.05) is 30.8 Å². The Kier molecular flexibility index (Phi) is 6.15. The summed E-state index contributed by atoms with van der Waals surface area (Å²) in [5.41, 5.74) is 0.312. The van der Waals surface area contributed by atoms with Gasteiger partial charge >= 0.3 is 0 Å². The van der Waals surface area contributed by atoms with Gasteiger partial charge in [0.1, 0.15) is 5.82 Å². The molecule has 2 heterocycles. The highest BCUT2D eigenvalue weighted by Gasteiger charge is 2.34. The summed E-state index contributed by atoms with van der Waals surface area (Å²) in [6.45, 7) is 2.47. The molecule has 0 unspecified atom stereocenters. The molecule has 1 amide bonds. The predicted molar refractivity (Wildman–Crippen MR) is 102 cm³/mol. The van der Waals surface area contributed by atoms with Gasteiger partial charge in [0.05, 0.1) is 22.8 Å². The molecule has 1 fully saturated rings. The molecule has 1 aromatic heterocycles. The van der Waals surface area contributed by atoms with Crippen molar-refractivity contribution in [2.45, 2.75) is 31.0 Å². The van der Waals surface area contributed by atoms with Crippen molar-refractivity contribution in [1.29, 1.82) is 0 Å². The van der Waals surface area contributed by atoms with E-state index in [0.717, 1.165) is 18.2 Å². The number of nitrogens with zero attached hydrogens (tertiary/aromatic N) is 3. The summed E-state index contributed by atoms with van der Waals surface area (Å²) in [4.78, 5) is 18.5. The van der Waals surface area contributed by atoms with Crippen molar-refractivity contribution >= 4 is 27.5 Å². The molecule has 1 aliphatic heterocycles. The third-order valence-corrected chi connectivity index (χ3v) is 6.94. The zero-order valence-electron chi connectivity index (χ0n) is 14.9. The van der Waals surface area contributed by atoms with E-state index in [1.807, 2.05) is 6.92 Å². The number of rotatable bonds is 7. The van der Waals surface area contributed by atoms with Crippen LogP contribution in [0.2, 0.25) is 0 Å². The van der Waals surface area contributed by atoms with E-state index >= 15 is 0 Å². The Balaban J connectivity index is 1.63. The van der Waals surface area contributed by atoms with Crippen LogP contribution in [-0.4, -0.2) is 64.3 Å². The standard InChI is InChI=1S/C17H21FN4O3S2/c1-2-8-22(12-7-9-27(24,25)11-12)15(23)10-26-17-19-16(20-21-17)13-5-3-4-6-14(13)18/h3-6,12H,2,7-11H2,1H3,(H,19,20,21)/t12-/m0/s1. The Morgan fingerprint density at radius 3 is 2.85 bits per heavy atom. The van der Waals surface area contributed by atoms with Crippen molar-refractivity contribution in [1.82, 2.24) is 20.1 Å². The lowest BCUT2D eigenvalue weighted by Gasteiger charge is -2.27. The fraction of sp³-hybridized carbons (Fsp3) is 0.471. The van der Waals surface area contributed by atoms with Crippen molar-refractivity contribution < 1.29 is 17.6 Å². The van der Waals surface area contributed by atoms with Gasteiger partial charge in [-0.15, -0.1) is 5.10 Å². The van der Waals surface area contributed by atoms with Crippen LogP contribution in [0.4, 0.5) is 4.39 Å². The summed E-state index contributed by atoms with van der Waals surface area (Å²) in [5.74, 6) is 0.0204. The molecule has 1 atom stereocenters. The number of carbonyl (C=O) groups is 1. The van der Waals surface area contributed by atoms with Crippen LogP contribution in [-0.2, 0) is 14.6 Å². The number of thioether (sulfide) groups is 1. The largest absolute Gasteiger partial charge is 0.338 e. The van der Waals surface area contributed by atoms with E-state index in [9.17, 15) is 17.6 Å². The number of nitrogens with one attached hydrogen (secondary N) is 1. The first-order valence-electron chi connectivity index (χ1n) is 8.69. The lowest BCUT2D eigenvalue weighted by molar-refractivity contribution is -0.130. The van der Waals surface area contributed by atoms with E-state index in [2.05, 4.69) is 15.2 Å². The molecular formula is C17H21FN4O3S2. The molecule has 0 saturated carbocycles. The SMILES string of the molecule is CCCN(C(=O)CSc1n[nH]c(-c2ccccc2F)n1)[C@H]1CCS(=O)(=O)C1. The van der Waals surface area contributed by atoms with Crippen LogP contribution in [0.5, 0.6) is 0 Å². The number of aromatic amines is 1. The van der Waals surface area contributed by atoms with E-state index in [1.54, 1.807) is 23.1 Å². The summed E-state index contributed by atoms with van der Waals surface area (Å²) >= 11 is 1.15. The van der Waals surface area contributed by atoms with Crippen LogP contribution in [0.3, 0.4) is 0 Å². The molecule has 2 aromatic rings. The van der Waals surface area contributed by atoms with Crippen LogP contribution in [0.15, 0.2) is 29.4 Å². The van der Waals surface area contributed by atoms with Gasteiger partial charge in [0, 0.05) is 12.6 Å². The smallest absolute Gasteiger partial charge is 0.233 e. The number of aromatic nitrogens is 3. The number of halogens is 1. The highest BCUT2D eigenvalue weighted by molar-refractivity contribution is 7.99. The third-order valence-electron chi connectivity index (χ3n) is 4.35. The molecule has 10 heteroatoms. The number of H-pyrrole nitrogens is 1. The Morgan fingerprint density at radius 1 is 1.41 bits per heavy atom. The van der Waals surface area contributed by atoms with Crippen molar-refractivity contribution in [2.24, 2.45) is 0 Å². The minimum atomic E-state index is -3.06. The van der Waals surface area contributed by atoms with Gasteiger partial charge in [-0.25, -0.2) is 17.8 Å². The lowest BCUT2D eigenvalue weighted by Crippen LogP contribution is -2.42. The predicted octanol–water partition coefficient (Wildman–Crippen LogP) is 2.13. The van der Waals surface area contributed by atoms with Crippen molar-refractivity contribution in [3.05, 3.63) is 30.1 Å². The molecule has 0 aliphatic carbocycles. The van der Waals surface area contributed by atoms with Crippen LogP contribution < -0.4 is 0 Å². The van der Waals surface area contributed by atoms with Crippen molar-refractivity contribution in [2.75, 3.05) is 23.8 Å². The minimum absolute atomic E-state index is 0.0293. The second-order valence-corrected chi connectivity index (χ2v) is 9.55. The molecule has 1 aliphatic rings. The number of sulfone groups is 1. The number of benzene rings is 1. The average molecular weight is 413 g/mol. The highest BCUT2D eigenvalue weighted by atomic mass is 32.2. The molecule has 0 spiro atoms. The second kappa shape index (κ2) is 8.39. The molecule has 3 rings (SSSR count). The van der Waals surface area contributed by atoms with Crippen molar-refractivity contribution in [3.63, 3.8) is 0 Å². The van der Waals surface area contributed by atoms with Gasteiger partial charge in [-0.05, 0) is 25.0 Å². The second-order valence-electron chi connectivity index (χ2n) is 6.38. The molecule has 1 aromatic carbocycles. The van der Waals surface area contributed by atoms with E-state index in [-0.39, 0.29) is 29.2 Å². The van der Waals surface area contributed by atoms with Gasteiger partial charge in [-0.2, -0.15) is 0 Å². The van der Waals surface area contributed by atoms with E-state index in [0.29, 0.717) is 29.5 Å². The minimum Gasteiger partial charge on any atom is -0.338 e. The maximum absolute atomic E-state index is 13.8. The molecule has 1 N–H and O–H groups in total. The Bertz CT molecular complexity index is 916. The fourth-order valence-corrected chi connectivity index (χ4v) is 5.48. The Labute approximate surface area is 161 Å². The van der Waals surface area contributed by atoms with Crippen LogP contribution in [0.25, 0.3) is 11.4 Å². The van der Waals surface area contributed by atoms with Crippen molar-refractivity contribution in [3.8, 4) is 11.4 Å². The lowest BCUT2D eigenvalue weighted by atomic mass is 10.2. The maximum atomic E-state index is 13.8. The number of hydrogen-bond acceptors (Lipinski definition) is 6. The van der Waals surface area contributed by atoms with Gasteiger partial charge in [0.15, 0.2) is 15.7 Å². The summed E-state index contributed by atoms with van der Waals surface area (Å²) in [7, 11) is -3.06. The first-order chi connectivity index (χ1) is 12.9. The number of carbonyl (C=O) groups excluding carboxylic acids is 1. The van der Waals surface area contributed by atoms with Gasteiger partial charge in [-0.3, -0.25) is 9.89 Å². The molecule has 0 bridgehead atoms. The molecular weight excluding hydrogens is 391 g/mol. The summed E-state index contributed by atoms with van der Waals surface area (Å²) in [6, 6.07) is 5.97. The number of amides is 1. The Morgan fingerprint density at radius 2 is 2.19 bits per heavy atom. The van der Waals surface area contributed by atoms with Gasteiger partial charge in [0.25, 0.3) is 0 Å². The van der Waals surface area contributed by atoms with Crippen LogP contribution in [0.1, 0.15) is 19.8 Å². The molecule has 1 saturated heterocycles. The summed E-state index contributed by atoms with van der Waals surface area (Å²) < 4.78 is 37.3. The fourth-order valence-electron chi connectivity index (χ4n) is 3.07. The molecule has 27 heavy (non-hydrogen) atoms. The third kappa shape index (κ3) is 4.86. The van der Waals surface area contributed by atoms with E-state index in [4.69, 9.17) is 0 Å². The van der Waals surface area contributed by atoms with E-state index < -0.39 is 15.7 Å². The number of hydrogen-bond donors (Lipinski definition) is 1. The zero-order chi connectivity index (χ0) is 19.4.